The Bertz CT molecular complexity index is 1040. The number of benzene rings is 3. The SMILES string of the molecule is CCN(CC)CCCN1c2ccc(Cl)cc2C(O)(c2ccc3ccccc3c2)C1O. The van der Waals surface area contributed by atoms with Crippen LogP contribution >= 0.6 is 11.6 Å². The molecule has 0 fully saturated rings. The first kappa shape index (κ1) is 21.1. The monoisotopic (exact) mass is 424 g/mol. The van der Waals surface area contributed by atoms with Crippen LogP contribution in [0.3, 0.4) is 0 Å². The van der Waals surface area contributed by atoms with Crippen molar-refractivity contribution in [2.45, 2.75) is 32.1 Å². The van der Waals surface area contributed by atoms with Gasteiger partial charge in [0.1, 0.15) is 0 Å². The summed E-state index contributed by atoms with van der Waals surface area (Å²) in [5, 5.41) is 25.9. The van der Waals surface area contributed by atoms with Crippen LogP contribution in [-0.2, 0) is 5.60 Å². The number of fused-ring (bicyclic) bond motifs is 2. The molecule has 0 saturated carbocycles. The number of aliphatic hydroxyl groups excluding tert-OH is 1. The molecule has 2 unspecified atom stereocenters. The molecule has 0 saturated heterocycles. The summed E-state index contributed by atoms with van der Waals surface area (Å²) in [7, 11) is 0. The second kappa shape index (κ2) is 8.56. The molecule has 1 aliphatic rings. The summed E-state index contributed by atoms with van der Waals surface area (Å²) >= 11 is 6.29. The van der Waals surface area contributed by atoms with Gasteiger partial charge >= 0.3 is 0 Å². The number of rotatable bonds is 7. The molecule has 4 nitrogen and oxygen atoms in total. The van der Waals surface area contributed by atoms with Crippen LogP contribution in [-0.4, -0.2) is 47.5 Å². The van der Waals surface area contributed by atoms with Crippen LogP contribution in [0, 0.1) is 0 Å². The summed E-state index contributed by atoms with van der Waals surface area (Å²) in [6.45, 7) is 7.93. The van der Waals surface area contributed by atoms with Gasteiger partial charge in [-0.2, -0.15) is 0 Å². The van der Waals surface area contributed by atoms with Gasteiger partial charge in [0.15, 0.2) is 11.8 Å². The summed E-state index contributed by atoms with van der Waals surface area (Å²) in [4.78, 5) is 4.27. The maximum atomic E-state index is 11.9. The van der Waals surface area contributed by atoms with Crippen LogP contribution in [0.2, 0.25) is 5.02 Å². The lowest BCUT2D eigenvalue weighted by atomic mass is 9.86. The van der Waals surface area contributed by atoms with Gasteiger partial charge in [0.05, 0.1) is 0 Å². The van der Waals surface area contributed by atoms with Gasteiger partial charge in [-0.1, -0.05) is 61.8 Å². The average Bonchev–Trinajstić information content (AvgIpc) is 2.98. The first-order valence-corrected chi connectivity index (χ1v) is 11.1. The van der Waals surface area contributed by atoms with E-state index in [1.165, 1.54) is 0 Å². The summed E-state index contributed by atoms with van der Waals surface area (Å²) in [6, 6.07) is 19.4. The molecule has 30 heavy (non-hydrogen) atoms. The van der Waals surface area contributed by atoms with Gasteiger partial charge in [-0.3, -0.25) is 0 Å². The predicted octanol–water partition coefficient (Wildman–Crippen LogP) is 4.60. The molecule has 3 aromatic rings. The highest BCUT2D eigenvalue weighted by molar-refractivity contribution is 6.30. The van der Waals surface area contributed by atoms with E-state index in [1.807, 2.05) is 59.5 Å². The molecule has 1 heterocycles. The Morgan fingerprint density at radius 3 is 2.47 bits per heavy atom. The molecule has 4 rings (SSSR count). The summed E-state index contributed by atoms with van der Waals surface area (Å²) in [5.41, 5.74) is 0.616. The number of aliphatic hydroxyl groups is 2. The maximum absolute atomic E-state index is 11.9. The highest BCUT2D eigenvalue weighted by Gasteiger charge is 2.50. The zero-order valence-corrected chi connectivity index (χ0v) is 18.3. The van der Waals surface area contributed by atoms with E-state index in [1.54, 1.807) is 6.07 Å². The first-order valence-electron chi connectivity index (χ1n) is 10.7. The third-order valence-electron chi connectivity index (χ3n) is 6.30. The minimum absolute atomic E-state index is 0.546. The number of halogens is 1. The van der Waals surface area contributed by atoms with E-state index in [0.29, 0.717) is 22.7 Å². The third kappa shape index (κ3) is 3.58. The van der Waals surface area contributed by atoms with E-state index < -0.39 is 11.8 Å². The molecule has 0 radical (unpaired) electrons. The Morgan fingerprint density at radius 1 is 1.00 bits per heavy atom. The van der Waals surface area contributed by atoms with E-state index >= 15 is 0 Å². The van der Waals surface area contributed by atoms with E-state index in [4.69, 9.17) is 11.6 Å². The molecular weight excluding hydrogens is 396 g/mol. The van der Waals surface area contributed by atoms with E-state index in [-0.39, 0.29) is 0 Å². The van der Waals surface area contributed by atoms with Crippen LogP contribution in [0.5, 0.6) is 0 Å². The van der Waals surface area contributed by atoms with Gasteiger partial charge in [0.2, 0.25) is 0 Å². The highest BCUT2D eigenvalue weighted by atomic mass is 35.5. The fraction of sp³-hybridized carbons (Fsp3) is 0.360. The normalized spacial score (nSPS) is 20.9. The average molecular weight is 425 g/mol. The predicted molar refractivity (Wildman–Crippen MR) is 124 cm³/mol. The van der Waals surface area contributed by atoms with Crippen molar-refractivity contribution in [1.82, 2.24) is 4.90 Å². The molecule has 0 bridgehead atoms. The van der Waals surface area contributed by atoms with Crippen molar-refractivity contribution >= 4 is 28.1 Å². The zero-order chi connectivity index (χ0) is 21.3. The molecule has 158 valence electrons. The summed E-state index contributed by atoms with van der Waals surface area (Å²) in [6.07, 6.45) is -0.182. The van der Waals surface area contributed by atoms with Crippen molar-refractivity contribution in [1.29, 1.82) is 0 Å². The topological polar surface area (TPSA) is 46.9 Å². The molecule has 3 aromatic carbocycles. The third-order valence-corrected chi connectivity index (χ3v) is 6.54. The van der Waals surface area contributed by atoms with E-state index in [2.05, 4.69) is 18.7 Å². The first-order chi connectivity index (χ1) is 14.5. The van der Waals surface area contributed by atoms with Crippen molar-refractivity contribution in [3.05, 3.63) is 76.8 Å². The van der Waals surface area contributed by atoms with Crippen LogP contribution in [0.1, 0.15) is 31.4 Å². The smallest absolute Gasteiger partial charge is 0.164 e. The van der Waals surface area contributed by atoms with Gasteiger partial charge in [0.25, 0.3) is 0 Å². The van der Waals surface area contributed by atoms with Gasteiger partial charge in [-0.15, -0.1) is 0 Å². The number of hydrogen-bond acceptors (Lipinski definition) is 4. The van der Waals surface area contributed by atoms with Crippen molar-refractivity contribution < 1.29 is 10.2 Å². The summed E-state index contributed by atoms with van der Waals surface area (Å²) < 4.78 is 0. The minimum Gasteiger partial charge on any atom is -0.376 e. The van der Waals surface area contributed by atoms with Gasteiger partial charge in [-0.05, 0) is 66.7 Å². The van der Waals surface area contributed by atoms with Crippen LogP contribution < -0.4 is 4.90 Å². The Hall–Kier alpha value is -2.11. The largest absolute Gasteiger partial charge is 0.376 e. The van der Waals surface area contributed by atoms with Crippen LogP contribution in [0.25, 0.3) is 10.8 Å². The Kier molecular flexibility index (Phi) is 6.03. The van der Waals surface area contributed by atoms with Gasteiger partial charge in [-0.25, -0.2) is 0 Å². The number of nitrogens with zero attached hydrogens (tertiary/aromatic N) is 2. The molecule has 0 aromatic heterocycles. The Morgan fingerprint density at radius 2 is 1.73 bits per heavy atom. The molecule has 0 amide bonds. The summed E-state index contributed by atoms with van der Waals surface area (Å²) in [5.74, 6) is 0. The standard InChI is InChI=1S/C25H29ClN2O2/c1-3-27(4-2)14-7-15-28-23-13-12-21(26)17-22(23)25(30,24(28)29)20-11-10-18-8-5-6-9-19(18)16-20/h5-6,8-13,16-17,24,29-30H,3-4,7,14-15H2,1-2H3. The number of hydrogen-bond donors (Lipinski definition) is 2. The molecule has 2 atom stereocenters. The molecular formula is C25H29ClN2O2. The zero-order valence-electron chi connectivity index (χ0n) is 17.6. The second-order valence-corrected chi connectivity index (χ2v) is 8.37. The molecule has 5 heteroatoms. The minimum atomic E-state index is -1.54. The quantitative estimate of drug-likeness (QED) is 0.582. The van der Waals surface area contributed by atoms with Crippen molar-refractivity contribution in [3.8, 4) is 0 Å². The second-order valence-electron chi connectivity index (χ2n) is 7.94. The molecule has 2 N–H and O–H groups in total. The van der Waals surface area contributed by atoms with Gasteiger partial charge < -0.3 is 20.0 Å². The van der Waals surface area contributed by atoms with Crippen molar-refractivity contribution in [2.75, 3.05) is 31.1 Å². The van der Waals surface area contributed by atoms with E-state index in [0.717, 1.165) is 42.5 Å². The highest BCUT2D eigenvalue weighted by Crippen LogP contribution is 2.48. The fourth-order valence-electron chi connectivity index (χ4n) is 4.54. The van der Waals surface area contributed by atoms with Crippen molar-refractivity contribution in [3.63, 3.8) is 0 Å². The molecule has 1 aliphatic heterocycles. The Labute approximate surface area is 183 Å². The van der Waals surface area contributed by atoms with E-state index in [9.17, 15) is 10.2 Å². The lowest BCUT2D eigenvalue weighted by Gasteiger charge is -2.32. The lowest BCUT2D eigenvalue weighted by molar-refractivity contribution is -0.0384. The fourth-order valence-corrected chi connectivity index (χ4v) is 4.71. The van der Waals surface area contributed by atoms with Crippen LogP contribution in [0.4, 0.5) is 5.69 Å². The van der Waals surface area contributed by atoms with Crippen molar-refractivity contribution in [2.24, 2.45) is 0 Å². The maximum Gasteiger partial charge on any atom is 0.164 e. The molecule has 0 spiro atoms. The van der Waals surface area contributed by atoms with Gasteiger partial charge in [0, 0.05) is 22.8 Å². The molecule has 0 aliphatic carbocycles. The Balaban J connectivity index is 1.71. The lowest BCUT2D eigenvalue weighted by Crippen LogP contribution is -2.46. The van der Waals surface area contributed by atoms with Crippen LogP contribution in [0.15, 0.2) is 60.7 Å². The number of anilines is 1.